The van der Waals surface area contributed by atoms with Gasteiger partial charge in [0.1, 0.15) is 35.1 Å². The number of carbonyl (C=O) groups excluding carboxylic acids is 4. The van der Waals surface area contributed by atoms with Gasteiger partial charge in [-0.2, -0.15) is 0 Å². The van der Waals surface area contributed by atoms with E-state index in [4.69, 9.17) is 35.4 Å². The summed E-state index contributed by atoms with van der Waals surface area (Å²) in [5, 5.41) is 50.9. The number of aromatic hydroxyl groups is 2. The zero-order valence-corrected chi connectivity index (χ0v) is 44.4. The van der Waals surface area contributed by atoms with E-state index in [0.29, 0.717) is 51.0 Å². The lowest BCUT2D eigenvalue weighted by Crippen LogP contribution is -2.48. The molecule has 2 saturated heterocycles. The molecule has 5 bridgehead atoms. The van der Waals surface area contributed by atoms with Crippen LogP contribution in [-0.4, -0.2) is 155 Å². The molecule has 18 heteroatoms. The number of carbonyl (C=O) groups is 4. The van der Waals surface area contributed by atoms with Crippen molar-refractivity contribution >= 4 is 40.0 Å². The van der Waals surface area contributed by atoms with Crippen LogP contribution in [0.4, 0.5) is 5.69 Å². The maximum Gasteiger partial charge on any atom is 0.336 e. The maximum atomic E-state index is 15.1. The van der Waals surface area contributed by atoms with Crippen LogP contribution in [0.3, 0.4) is 0 Å². The first kappa shape index (κ1) is 55.6. The fraction of sp³-hybridized carbons (Fsp3) is 0.571. The average Bonchev–Trinajstić information content (AvgIpc) is 3.89. The molecule has 0 unspecified atom stereocenters. The van der Waals surface area contributed by atoms with Gasteiger partial charge in [-0.15, -0.1) is 6.42 Å². The number of nitrogens with one attached hydrogen (secondary N) is 1. The highest BCUT2D eigenvalue weighted by Gasteiger charge is 2.52. The number of piperidine rings is 2. The van der Waals surface area contributed by atoms with Crippen molar-refractivity contribution in [2.45, 2.75) is 122 Å². The van der Waals surface area contributed by atoms with E-state index in [1.807, 2.05) is 14.1 Å². The average molecular weight is 1020 g/mol. The van der Waals surface area contributed by atoms with E-state index in [1.165, 1.54) is 26.2 Å². The molecule has 6 heterocycles. The summed E-state index contributed by atoms with van der Waals surface area (Å²) < 4.78 is 24.6. The summed E-state index contributed by atoms with van der Waals surface area (Å²) in [6.45, 7) is 19.4. The number of likely N-dealkylation sites (tertiary alicyclic amines) is 2. The molecule has 1 spiro atoms. The molecular formula is C56H74N6O12. The third kappa shape index (κ3) is 10.7. The van der Waals surface area contributed by atoms with Gasteiger partial charge in [0, 0.05) is 99.1 Å². The van der Waals surface area contributed by atoms with E-state index in [9.17, 15) is 34.8 Å². The van der Waals surface area contributed by atoms with Crippen LogP contribution in [0.2, 0.25) is 0 Å². The Hall–Kier alpha value is -6.10. The van der Waals surface area contributed by atoms with Gasteiger partial charge in [0.15, 0.2) is 11.4 Å². The number of phenols is 2. The first-order valence-electron chi connectivity index (χ1n) is 25.7. The number of benzene rings is 2. The molecule has 2 fully saturated rings. The summed E-state index contributed by atoms with van der Waals surface area (Å²) in [7, 11) is 5.34. The molecule has 0 radical (unpaired) electrons. The molecule has 2 amide bonds. The summed E-state index contributed by atoms with van der Waals surface area (Å²) in [6, 6.07) is 0.304. The third-order valence-electron chi connectivity index (χ3n) is 15.6. The van der Waals surface area contributed by atoms with Gasteiger partial charge >= 0.3 is 11.8 Å². The number of ketones is 1. The SMILES string of the molecule is C#C[C@H]1[C@@H](OC(=O)CC(=O)N2CCC(N(C)C)CC2)[C@H](C)[C@H](O)[C@H](C)[C@@H](O)[C@@H](C)/C=C/C=C(/C)C(=O)Nc2c(O)c3c(O)c(C)c4c(c3c3c2=NC2(CCN(CC(C)C)CC2)N=3)C(=O)[C@@](C=C)(O/C=C/[C@@H]1OC)O4. The van der Waals surface area contributed by atoms with Gasteiger partial charge in [0.05, 0.1) is 46.8 Å². The molecule has 400 valence electrons. The van der Waals surface area contributed by atoms with Crippen LogP contribution in [-0.2, 0) is 28.6 Å². The van der Waals surface area contributed by atoms with Crippen LogP contribution in [0.5, 0.6) is 17.2 Å². The monoisotopic (exact) mass is 1020 g/mol. The number of ether oxygens (including phenoxy) is 4. The van der Waals surface area contributed by atoms with Crippen LogP contribution in [0.25, 0.3) is 10.8 Å². The Morgan fingerprint density at radius 2 is 1.66 bits per heavy atom. The standard InChI is InChI=1S/C56H74N6O12/c1-13-37-38(71-12)20-27-72-56(14-2)53(69)43-41-42(49(67)35(9)52(43)74-56)50(68)46(45-44(41)58-55(59-45)21-25-61(26-22-55)29-30(3)4)57-54(70)32(6)17-15-16-31(5)47(65)33(7)48(66)34(8)51(37)73-40(64)28-39(63)62-23-18-36(19-24-62)60(10)11/h1,14-17,20,27,30-31,33-34,36-38,47-48,51,65-68H,2,18-19,21-26,28-29H2,3-12H3,(H,57,70)/b16-15+,27-20+,32-17-/t31-,33+,34+,37+,38-,47-,48+,51-,56-/m0/s1. The molecule has 5 N–H and O–H groups in total. The molecular weight excluding hydrogens is 949 g/mol. The number of allylic oxidation sites excluding steroid dienone is 2. The van der Waals surface area contributed by atoms with E-state index >= 15 is 4.79 Å². The lowest BCUT2D eigenvalue weighted by molar-refractivity contribution is -0.164. The maximum absolute atomic E-state index is 15.1. The number of terminal acetylenes is 1. The molecule has 2 aromatic rings. The second kappa shape index (κ2) is 22.4. The summed E-state index contributed by atoms with van der Waals surface area (Å²) in [4.78, 5) is 72.9. The van der Waals surface area contributed by atoms with E-state index in [0.717, 1.165) is 31.7 Å². The predicted molar refractivity (Wildman–Crippen MR) is 278 cm³/mol. The van der Waals surface area contributed by atoms with Gasteiger partial charge in [0.2, 0.25) is 5.91 Å². The van der Waals surface area contributed by atoms with Crippen molar-refractivity contribution in [2.24, 2.45) is 39.6 Å². The molecule has 0 aromatic heterocycles. The second-order valence-corrected chi connectivity index (χ2v) is 21.3. The molecule has 6 aliphatic heterocycles. The first-order chi connectivity index (χ1) is 35.0. The van der Waals surface area contributed by atoms with E-state index in [-0.39, 0.29) is 49.6 Å². The molecule has 0 aliphatic carbocycles. The highest BCUT2D eigenvalue weighted by atomic mass is 16.7. The molecule has 2 aromatic carbocycles. The highest BCUT2D eigenvalue weighted by molar-refractivity contribution is 6.20. The lowest BCUT2D eigenvalue weighted by atomic mass is 9.78. The summed E-state index contributed by atoms with van der Waals surface area (Å²) >= 11 is 0. The fourth-order valence-corrected chi connectivity index (χ4v) is 11.0. The van der Waals surface area contributed by atoms with Crippen molar-refractivity contribution in [3.8, 4) is 29.6 Å². The van der Waals surface area contributed by atoms with Gasteiger partial charge < -0.3 is 59.4 Å². The number of fused-ring (bicyclic) bond motifs is 13. The van der Waals surface area contributed by atoms with Crippen molar-refractivity contribution in [3.63, 3.8) is 0 Å². The van der Waals surface area contributed by atoms with Crippen molar-refractivity contribution in [2.75, 3.05) is 59.2 Å². The number of aliphatic hydroxyl groups excluding tert-OH is 2. The molecule has 6 aliphatic rings. The van der Waals surface area contributed by atoms with Gasteiger partial charge in [-0.3, -0.25) is 29.2 Å². The zero-order chi connectivity index (χ0) is 54.1. The predicted octanol–water partition coefficient (Wildman–Crippen LogP) is 4.45. The Labute approximate surface area is 433 Å². The Morgan fingerprint density at radius 3 is 2.27 bits per heavy atom. The molecule has 18 nitrogen and oxygen atoms in total. The first-order valence-corrected chi connectivity index (χ1v) is 25.7. The number of hydrogen-bond acceptors (Lipinski definition) is 16. The largest absolute Gasteiger partial charge is 0.507 e. The number of anilines is 1. The van der Waals surface area contributed by atoms with E-state index in [2.05, 4.69) is 41.5 Å². The second-order valence-electron chi connectivity index (χ2n) is 21.3. The number of rotatable bonds is 8. The van der Waals surface area contributed by atoms with Crippen molar-refractivity contribution in [1.82, 2.24) is 14.7 Å². The topological polar surface area (TPSA) is 233 Å². The number of aliphatic hydroxyl groups is 2. The number of Topliss-reactive ketones (excluding diaryl/α,β-unsaturated/α-hetero) is 1. The Morgan fingerprint density at radius 1 is 1.00 bits per heavy atom. The number of esters is 1. The molecule has 9 atom stereocenters. The molecule has 74 heavy (non-hydrogen) atoms. The van der Waals surface area contributed by atoms with Crippen molar-refractivity contribution in [1.29, 1.82) is 0 Å². The number of nitrogens with zero attached hydrogens (tertiary/aromatic N) is 5. The number of amides is 2. The van der Waals surface area contributed by atoms with Gasteiger partial charge in [0.25, 0.3) is 11.7 Å². The number of phenolic OH excluding ortho intramolecular Hbond substituents is 2. The third-order valence-corrected chi connectivity index (χ3v) is 15.6. The van der Waals surface area contributed by atoms with Crippen LogP contribution < -0.4 is 20.8 Å². The summed E-state index contributed by atoms with van der Waals surface area (Å²) in [5.74, 6) is -6.42. The van der Waals surface area contributed by atoms with Crippen LogP contribution in [0.1, 0.15) is 89.6 Å². The minimum Gasteiger partial charge on any atom is -0.507 e. The van der Waals surface area contributed by atoms with Crippen LogP contribution in [0.15, 0.2) is 58.8 Å². The van der Waals surface area contributed by atoms with Gasteiger partial charge in [-0.1, -0.05) is 65.3 Å². The fourth-order valence-electron chi connectivity index (χ4n) is 11.0. The van der Waals surface area contributed by atoms with Gasteiger partial charge in [-0.05, 0) is 52.8 Å². The Balaban J connectivity index is 1.33. The molecule has 8 rings (SSSR count). The van der Waals surface area contributed by atoms with Gasteiger partial charge in [-0.25, -0.2) is 0 Å². The summed E-state index contributed by atoms with van der Waals surface area (Å²) in [6.07, 6.45) is 11.7. The Bertz CT molecular complexity index is 2800. The number of methoxy groups -OCH3 is 1. The highest BCUT2D eigenvalue weighted by Crippen LogP contribution is 2.50. The minimum absolute atomic E-state index is 0.0439. The number of hydrogen-bond donors (Lipinski definition) is 5. The molecule has 0 saturated carbocycles. The minimum atomic E-state index is -2.26. The normalized spacial score (nSPS) is 30.4. The van der Waals surface area contributed by atoms with Crippen LogP contribution >= 0.6 is 0 Å². The van der Waals surface area contributed by atoms with Crippen LogP contribution in [0, 0.1) is 48.9 Å². The van der Waals surface area contributed by atoms with E-state index < -0.39 is 101 Å². The lowest BCUT2D eigenvalue weighted by Gasteiger charge is -2.38. The summed E-state index contributed by atoms with van der Waals surface area (Å²) in [5.41, 5.74) is -0.921. The van der Waals surface area contributed by atoms with Crippen molar-refractivity contribution < 1.29 is 58.6 Å². The van der Waals surface area contributed by atoms with Crippen molar-refractivity contribution in [3.05, 3.63) is 70.6 Å². The quantitative estimate of drug-likeness (QED) is 0.0809. The van der Waals surface area contributed by atoms with E-state index in [1.54, 1.807) is 44.7 Å². The zero-order valence-electron chi connectivity index (χ0n) is 44.4. The Kier molecular flexibility index (Phi) is 16.8. The smallest absolute Gasteiger partial charge is 0.336 e.